The SMILES string of the molecule is Cc1nn(C(=O)c2ccc3cc[nH]c3c2)c(C)c1CN. The van der Waals surface area contributed by atoms with Gasteiger partial charge in [-0.05, 0) is 37.4 Å². The first-order valence-electron chi connectivity index (χ1n) is 6.49. The van der Waals surface area contributed by atoms with Gasteiger partial charge >= 0.3 is 0 Å². The maximum absolute atomic E-state index is 12.6. The Balaban J connectivity index is 2.07. The highest BCUT2D eigenvalue weighted by Gasteiger charge is 2.17. The fourth-order valence-corrected chi connectivity index (χ4v) is 2.47. The summed E-state index contributed by atoms with van der Waals surface area (Å²) in [7, 11) is 0. The van der Waals surface area contributed by atoms with Crippen LogP contribution in [0.4, 0.5) is 0 Å². The van der Waals surface area contributed by atoms with E-state index in [0.29, 0.717) is 12.1 Å². The van der Waals surface area contributed by atoms with Gasteiger partial charge < -0.3 is 10.7 Å². The molecule has 2 heterocycles. The molecule has 0 aliphatic carbocycles. The quantitative estimate of drug-likeness (QED) is 0.747. The van der Waals surface area contributed by atoms with Crippen LogP contribution in [0.3, 0.4) is 0 Å². The predicted molar refractivity (Wildman–Crippen MR) is 77.6 cm³/mol. The van der Waals surface area contributed by atoms with Gasteiger partial charge in [-0.3, -0.25) is 4.79 Å². The number of aromatic amines is 1. The van der Waals surface area contributed by atoms with Crippen LogP contribution < -0.4 is 5.73 Å². The van der Waals surface area contributed by atoms with Crippen LogP contribution in [0.5, 0.6) is 0 Å². The molecule has 5 heteroatoms. The minimum atomic E-state index is -0.137. The van der Waals surface area contributed by atoms with Crippen molar-refractivity contribution < 1.29 is 4.79 Å². The zero-order valence-corrected chi connectivity index (χ0v) is 11.5. The van der Waals surface area contributed by atoms with Crippen LogP contribution in [0.2, 0.25) is 0 Å². The van der Waals surface area contributed by atoms with Crippen LogP contribution >= 0.6 is 0 Å². The summed E-state index contributed by atoms with van der Waals surface area (Å²) in [6, 6.07) is 7.56. The van der Waals surface area contributed by atoms with Crippen LogP contribution in [0.15, 0.2) is 30.5 Å². The zero-order valence-electron chi connectivity index (χ0n) is 11.5. The smallest absolute Gasteiger partial charge is 0.278 e. The highest BCUT2D eigenvalue weighted by Crippen LogP contribution is 2.17. The molecule has 0 unspecified atom stereocenters. The van der Waals surface area contributed by atoms with Crippen molar-refractivity contribution >= 4 is 16.8 Å². The molecule has 3 rings (SSSR count). The lowest BCUT2D eigenvalue weighted by Gasteiger charge is -2.04. The molecule has 0 aliphatic rings. The third-order valence-corrected chi connectivity index (χ3v) is 3.64. The summed E-state index contributed by atoms with van der Waals surface area (Å²) >= 11 is 0. The molecule has 3 N–H and O–H groups in total. The van der Waals surface area contributed by atoms with Gasteiger partial charge in [0.1, 0.15) is 0 Å². The number of H-pyrrole nitrogens is 1. The van der Waals surface area contributed by atoms with Gasteiger partial charge in [0.15, 0.2) is 0 Å². The third kappa shape index (κ3) is 1.83. The summed E-state index contributed by atoms with van der Waals surface area (Å²) in [5.41, 5.74) is 9.78. The van der Waals surface area contributed by atoms with E-state index in [2.05, 4.69) is 10.1 Å². The van der Waals surface area contributed by atoms with E-state index in [-0.39, 0.29) is 5.91 Å². The first kappa shape index (κ1) is 12.6. The molecule has 0 aliphatic heterocycles. The molecule has 20 heavy (non-hydrogen) atoms. The number of carbonyl (C=O) groups is 1. The average Bonchev–Trinajstić information content (AvgIpc) is 3.01. The summed E-state index contributed by atoms with van der Waals surface area (Å²) in [4.78, 5) is 15.7. The lowest BCUT2D eigenvalue weighted by atomic mass is 10.1. The molecule has 0 bridgehead atoms. The van der Waals surface area contributed by atoms with Gasteiger partial charge in [-0.15, -0.1) is 0 Å². The van der Waals surface area contributed by atoms with Crippen molar-refractivity contribution in [3.63, 3.8) is 0 Å². The number of aromatic nitrogens is 3. The number of carbonyl (C=O) groups excluding carboxylic acids is 1. The molecule has 0 fully saturated rings. The largest absolute Gasteiger partial charge is 0.361 e. The first-order valence-corrected chi connectivity index (χ1v) is 6.49. The molecule has 102 valence electrons. The van der Waals surface area contributed by atoms with Crippen molar-refractivity contribution in [2.24, 2.45) is 5.73 Å². The van der Waals surface area contributed by atoms with Gasteiger partial charge in [-0.25, -0.2) is 4.68 Å². The Kier molecular flexibility index (Phi) is 2.91. The molecule has 0 saturated heterocycles. The molecule has 0 atom stereocenters. The van der Waals surface area contributed by atoms with Crippen LogP contribution in [-0.4, -0.2) is 20.7 Å². The number of benzene rings is 1. The van der Waals surface area contributed by atoms with E-state index in [9.17, 15) is 4.79 Å². The maximum Gasteiger partial charge on any atom is 0.278 e. The number of hydrogen-bond acceptors (Lipinski definition) is 3. The summed E-state index contributed by atoms with van der Waals surface area (Å²) < 4.78 is 1.43. The fraction of sp³-hybridized carbons (Fsp3) is 0.200. The normalized spacial score (nSPS) is 11.2. The minimum absolute atomic E-state index is 0.137. The highest BCUT2D eigenvalue weighted by atomic mass is 16.2. The molecule has 1 aromatic carbocycles. The van der Waals surface area contributed by atoms with Crippen LogP contribution in [0, 0.1) is 13.8 Å². The highest BCUT2D eigenvalue weighted by molar-refractivity contribution is 5.99. The zero-order chi connectivity index (χ0) is 14.3. The minimum Gasteiger partial charge on any atom is -0.361 e. The topological polar surface area (TPSA) is 76.7 Å². The molecule has 0 amide bonds. The second-order valence-corrected chi connectivity index (χ2v) is 4.85. The van der Waals surface area contributed by atoms with Gasteiger partial charge in [0, 0.05) is 35.1 Å². The number of fused-ring (bicyclic) bond motifs is 1. The molecule has 3 aromatic rings. The summed E-state index contributed by atoms with van der Waals surface area (Å²) in [6.45, 7) is 4.13. The summed E-state index contributed by atoms with van der Waals surface area (Å²) in [5.74, 6) is -0.137. The Hall–Kier alpha value is -2.40. The van der Waals surface area contributed by atoms with E-state index in [1.165, 1.54) is 4.68 Å². The number of hydrogen-bond donors (Lipinski definition) is 2. The second kappa shape index (κ2) is 4.61. The van der Waals surface area contributed by atoms with Crippen molar-refractivity contribution in [3.8, 4) is 0 Å². The Bertz CT molecular complexity index is 797. The van der Waals surface area contributed by atoms with E-state index in [4.69, 9.17) is 5.73 Å². The number of nitrogens with one attached hydrogen (secondary N) is 1. The average molecular weight is 268 g/mol. The number of nitrogens with zero attached hydrogens (tertiary/aromatic N) is 2. The molecular weight excluding hydrogens is 252 g/mol. The summed E-state index contributed by atoms with van der Waals surface area (Å²) in [6.07, 6.45) is 1.86. The predicted octanol–water partition coefficient (Wildman–Crippen LogP) is 2.13. The van der Waals surface area contributed by atoms with Crippen molar-refractivity contribution in [1.82, 2.24) is 14.8 Å². The van der Waals surface area contributed by atoms with Gasteiger partial charge in [-0.1, -0.05) is 6.07 Å². The number of aryl methyl sites for hydroxylation is 1. The van der Waals surface area contributed by atoms with Gasteiger partial charge in [-0.2, -0.15) is 5.10 Å². The number of nitrogens with two attached hydrogens (primary N) is 1. The molecule has 5 nitrogen and oxygen atoms in total. The first-order chi connectivity index (χ1) is 9.61. The van der Waals surface area contributed by atoms with Gasteiger partial charge in [0.2, 0.25) is 0 Å². The molecule has 0 spiro atoms. The second-order valence-electron chi connectivity index (χ2n) is 4.85. The van der Waals surface area contributed by atoms with Crippen molar-refractivity contribution in [1.29, 1.82) is 0 Å². The number of rotatable bonds is 2. The van der Waals surface area contributed by atoms with E-state index < -0.39 is 0 Å². The Labute approximate surface area is 116 Å². The third-order valence-electron chi connectivity index (χ3n) is 3.64. The Morgan fingerprint density at radius 1 is 1.35 bits per heavy atom. The van der Waals surface area contributed by atoms with Gasteiger partial charge in [0.05, 0.1) is 5.69 Å². The van der Waals surface area contributed by atoms with E-state index in [0.717, 1.165) is 27.9 Å². The van der Waals surface area contributed by atoms with Crippen molar-refractivity contribution in [2.45, 2.75) is 20.4 Å². The lowest BCUT2D eigenvalue weighted by Crippen LogP contribution is -2.15. The molecule has 0 saturated carbocycles. The fourth-order valence-electron chi connectivity index (χ4n) is 2.47. The molecular formula is C15H16N4O. The maximum atomic E-state index is 12.6. The van der Waals surface area contributed by atoms with E-state index in [1.807, 2.05) is 44.3 Å². The Morgan fingerprint density at radius 2 is 2.15 bits per heavy atom. The standard InChI is InChI=1S/C15H16N4O/c1-9-13(8-16)10(2)19(18-9)15(20)12-4-3-11-5-6-17-14(11)7-12/h3-7,17H,8,16H2,1-2H3. The summed E-state index contributed by atoms with van der Waals surface area (Å²) in [5, 5.41) is 5.38. The molecule has 2 aromatic heterocycles. The van der Waals surface area contributed by atoms with Crippen LogP contribution in [0.25, 0.3) is 10.9 Å². The van der Waals surface area contributed by atoms with E-state index in [1.54, 1.807) is 0 Å². The van der Waals surface area contributed by atoms with Crippen LogP contribution in [0.1, 0.15) is 27.3 Å². The molecule has 0 radical (unpaired) electrons. The van der Waals surface area contributed by atoms with E-state index >= 15 is 0 Å². The monoisotopic (exact) mass is 268 g/mol. The van der Waals surface area contributed by atoms with Crippen molar-refractivity contribution in [2.75, 3.05) is 0 Å². The van der Waals surface area contributed by atoms with Crippen LogP contribution in [-0.2, 0) is 6.54 Å². The Morgan fingerprint density at radius 3 is 2.85 bits per heavy atom. The lowest BCUT2D eigenvalue weighted by molar-refractivity contribution is 0.0942. The van der Waals surface area contributed by atoms with Gasteiger partial charge in [0.25, 0.3) is 5.91 Å². The van der Waals surface area contributed by atoms with Crippen molar-refractivity contribution in [3.05, 3.63) is 53.0 Å².